The highest BCUT2D eigenvalue weighted by Gasteiger charge is 2.41. The molecule has 30 heavy (non-hydrogen) atoms. The molecule has 6 nitrogen and oxygen atoms in total. The number of rotatable bonds is 6. The monoisotopic (exact) mass is 445 g/mol. The minimum atomic E-state index is -4.61. The van der Waals surface area contributed by atoms with Gasteiger partial charge in [-0.2, -0.15) is 0 Å². The molecule has 2 aliphatic carbocycles. The van der Waals surface area contributed by atoms with Gasteiger partial charge in [0.1, 0.15) is 5.75 Å². The van der Waals surface area contributed by atoms with E-state index in [0.717, 1.165) is 0 Å². The van der Waals surface area contributed by atoms with Crippen LogP contribution in [0.2, 0.25) is 5.02 Å². The average Bonchev–Trinajstić information content (AvgIpc) is 2.60. The summed E-state index contributed by atoms with van der Waals surface area (Å²) in [6, 6.07) is 4.67. The van der Waals surface area contributed by atoms with Crippen molar-refractivity contribution in [1.29, 1.82) is 0 Å². The first kappa shape index (κ1) is 21.1. The number of ether oxygens (including phenoxy) is 3. The molecule has 1 amide bonds. The lowest BCUT2D eigenvalue weighted by atomic mass is 9.89. The van der Waals surface area contributed by atoms with Crippen molar-refractivity contribution < 1.29 is 37.0 Å². The summed E-state index contributed by atoms with van der Waals surface area (Å²) in [4.78, 5) is 24.6. The molecule has 2 atom stereocenters. The van der Waals surface area contributed by atoms with Crippen LogP contribution in [-0.2, 0) is 14.3 Å². The first-order valence-electron chi connectivity index (χ1n) is 9.53. The van der Waals surface area contributed by atoms with Crippen LogP contribution in [0.15, 0.2) is 30.0 Å². The summed E-state index contributed by atoms with van der Waals surface area (Å²) < 4.78 is 51.4. The van der Waals surface area contributed by atoms with Crippen LogP contribution >= 0.6 is 11.6 Å². The molecule has 10 heteroatoms. The van der Waals surface area contributed by atoms with Gasteiger partial charge in [0.2, 0.25) is 0 Å². The summed E-state index contributed by atoms with van der Waals surface area (Å²) >= 11 is 5.88. The van der Waals surface area contributed by atoms with E-state index < -0.39 is 24.5 Å². The number of alkyl halides is 3. The molecule has 0 bridgehead atoms. The van der Waals surface area contributed by atoms with Crippen molar-refractivity contribution in [1.82, 2.24) is 5.32 Å². The van der Waals surface area contributed by atoms with E-state index in [1.807, 2.05) is 6.08 Å². The normalized spacial score (nSPS) is 27.9. The van der Waals surface area contributed by atoms with Gasteiger partial charge in [-0.3, -0.25) is 14.3 Å². The topological polar surface area (TPSA) is 73.9 Å². The predicted octanol–water partition coefficient (Wildman–Crippen LogP) is 3.78. The number of hydrogen-bond acceptors (Lipinski definition) is 5. The maximum atomic E-state index is 12.4. The number of hydrogen-bond donors (Lipinski definition) is 1. The first-order chi connectivity index (χ1) is 14.2. The zero-order valence-corrected chi connectivity index (χ0v) is 16.5. The number of nitrogens with one attached hydrogen (secondary N) is 1. The summed E-state index contributed by atoms with van der Waals surface area (Å²) in [6.45, 7) is 0.370. The van der Waals surface area contributed by atoms with Crippen LogP contribution in [0.4, 0.5) is 13.2 Å². The standard InChI is InChI=1S/C20H19ClF3NO5/c21-11-1-2-17-15(5-11)16(26)8-18(29-17)19(27)25-12-3-10(4-12)9-28-13-6-14(7-13)30-20(22,23)24/h1-3,5,10,13-14,18H,4,6-9H2,(H,25,27). The Morgan fingerprint density at radius 1 is 1.23 bits per heavy atom. The molecule has 1 saturated carbocycles. The minimum Gasteiger partial charge on any atom is -0.479 e. The Morgan fingerprint density at radius 2 is 1.97 bits per heavy atom. The summed E-state index contributed by atoms with van der Waals surface area (Å²) in [6.07, 6.45) is -3.81. The molecule has 0 radical (unpaired) electrons. The van der Waals surface area contributed by atoms with E-state index >= 15 is 0 Å². The van der Waals surface area contributed by atoms with Crippen LogP contribution in [0, 0.1) is 5.92 Å². The maximum Gasteiger partial charge on any atom is 0.522 e. The molecular formula is C20H19ClF3NO5. The molecular weight excluding hydrogens is 427 g/mol. The third-order valence-electron chi connectivity index (χ3n) is 5.28. The Hall–Kier alpha value is -2.10. The molecule has 4 rings (SSSR count). The van der Waals surface area contributed by atoms with E-state index in [2.05, 4.69) is 10.1 Å². The molecule has 1 aromatic carbocycles. The van der Waals surface area contributed by atoms with Crippen LogP contribution < -0.4 is 10.1 Å². The summed E-state index contributed by atoms with van der Waals surface area (Å²) in [5.74, 6) is -0.195. The third kappa shape index (κ3) is 4.96. The van der Waals surface area contributed by atoms with Crippen LogP contribution in [0.1, 0.15) is 36.0 Å². The molecule has 3 aliphatic rings. The second kappa shape index (κ2) is 8.20. The van der Waals surface area contributed by atoms with Crippen molar-refractivity contribution in [3.05, 3.63) is 40.6 Å². The number of fused-ring (bicyclic) bond motifs is 1. The van der Waals surface area contributed by atoms with Crippen molar-refractivity contribution in [3.63, 3.8) is 0 Å². The van der Waals surface area contributed by atoms with Crippen molar-refractivity contribution in [2.45, 2.75) is 50.4 Å². The van der Waals surface area contributed by atoms with Gasteiger partial charge in [0.25, 0.3) is 5.91 Å². The van der Waals surface area contributed by atoms with Crippen LogP contribution in [0.3, 0.4) is 0 Å². The summed E-state index contributed by atoms with van der Waals surface area (Å²) in [7, 11) is 0. The Bertz CT molecular complexity index is 882. The van der Waals surface area contributed by atoms with E-state index in [0.29, 0.717) is 35.1 Å². The van der Waals surface area contributed by atoms with Crippen LogP contribution in [0.25, 0.3) is 0 Å². The van der Waals surface area contributed by atoms with Crippen molar-refractivity contribution >= 4 is 23.3 Å². The van der Waals surface area contributed by atoms with Crippen LogP contribution in [0.5, 0.6) is 5.75 Å². The van der Waals surface area contributed by atoms with Gasteiger partial charge in [0.15, 0.2) is 11.9 Å². The Labute approximate surface area is 175 Å². The summed E-state index contributed by atoms with van der Waals surface area (Å²) in [5, 5.41) is 3.17. The first-order valence-corrected chi connectivity index (χ1v) is 9.91. The van der Waals surface area contributed by atoms with Crippen molar-refractivity contribution in [2.75, 3.05) is 6.61 Å². The number of ketones is 1. The molecule has 0 saturated heterocycles. The highest BCUT2D eigenvalue weighted by atomic mass is 35.5. The SMILES string of the molecule is O=C1CC(C(=O)NC2=CC(COC3CC(OC(F)(F)F)C3)C2)Oc2ccc(Cl)cc21. The molecule has 1 N–H and O–H groups in total. The fraction of sp³-hybridized carbons (Fsp3) is 0.500. The van der Waals surface area contributed by atoms with Gasteiger partial charge < -0.3 is 14.8 Å². The number of Topliss-reactive ketones (excluding diaryl/α,β-unsaturated/α-hetero) is 1. The third-order valence-corrected chi connectivity index (χ3v) is 5.51. The van der Waals surface area contributed by atoms with E-state index in [1.54, 1.807) is 12.1 Å². The zero-order chi connectivity index (χ0) is 21.5. The Kier molecular flexibility index (Phi) is 5.78. The molecule has 1 aliphatic heterocycles. The number of carbonyl (C=O) groups is 2. The second-order valence-corrected chi connectivity index (χ2v) is 8.07. The Balaban J connectivity index is 1.19. The number of halogens is 4. The number of allylic oxidation sites excluding steroid dienone is 1. The molecule has 2 unspecified atom stereocenters. The van der Waals surface area contributed by atoms with E-state index in [-0.39, 0.29) is 37.1 Å². The summed E-state index contributed by atoms with van der Waals surface area (Å²) in [5.41, 5.74) is 1.07. The highest BCUT2D eigenvalue weighted by molar-refractivity contribution is 6.31. The van der Waals surface area contributed by atoms with Gasteiger partial charge in [-0.05, 0) is 24.6 Å². The smallest absolute Gasteiger partial charge is 0.479 e. The van der Waals surface area contributed by atoms with E-state index in [1.165, 1.54) is 6.07 Å². The minimum absolute atomic E-state index is 0.0676. The fourth-order valence-corrected chi connectivity index (χ4v) is 3.78. The largest absolute Gasteiger partial charge is 0.522 e. The number of benzene rings is 1. The van der Waals surface area contributed by atoms with E-state index in [4.69, 9.17) is 21.1 Å². The van der Waals surface area contributed by atoms with Gasteiger partial charge in [0.05, 0.1) is 30.8 Å². The molecule has 0 spiro atoms. The zero-order valence-electron chi connectivity index (χ0n) is 15.7. The molecule has 1 fully saturated rings. The van der Waals surface area contributed by atoms with Gasteiger partial charge in [-0.1, -0.05) is 17.7 Å². The van der Waals surface area contributed by atoms with Gasteiger partial charge in [-0.15, -0.1) is 13.2 Å². The van der Waals surface area contributed by atoms with Crippen LogP contribution in [-0.4, -0.2) is 43.0 Å². The predicted molar refractivity (Wildman–Crippen MR) is 99.1 cm³/mol. The highest BCUT2D eigenvalue weighted by Crippen LogP contribution is 2.34. The van der Waals surface area contributed by atoms with Gasteiger partial charge in [0, 0.05) is 29.5 Å². The van der Waals surface area contributed by atoms with Crippen molar-refractivity contribution in [3.8, 4) is 5.75 Å². The van der Waals surface area contributed by atoms with Crippen molar-refractivity contribution in [2.24, 2.45) is 5.92 Å². The lowest BCUT2D eigenvalue weighted by Crippen LogP contribution is -2.44. The number of amides is 1. The maximum absolute atomic E-state index is 12.4. The second-order valence-electron chi connectivity index (χ2n) is 7.63. The quantitative estimate of drug-likeness (QED) is 0.721. The lowest BCUT2D eigenvalue weighted by molar-refractivity contribution is -0.357. The van der Waals surface area contributed by atoms with Gasteiger partial charge >= 0.3 is 6.36 Å². The molecule has 1 aromatic rings. The molecule has 1 heterocycles. The Morgan fingerprint density at radius 3 is 2.67 bits per heavy atom. The molecule has 162 valence electrons. The van der Waals surface area contributed by atoms with Gasteiger partial charge in [-0.25, -0.2) is 0 Å². The molecule has 0 aromatic heterocycles. The van der Waals surface area contributed by atoms with E-state index in [9.17, 15) is 22.8 Å². The number of carbonyl (C=O) groups excluding carboxylic acids is 2. The fourth-order valence-electron chi connectivity index (χ4n) is 3.61. The lowest BCUT2D eigenvalue weighted by Gasteiger charge is -2.36. The average molecular weight is 446 g/mol.